The molecule has 0 unspecified atom stereocenters. The van der Waals surface area contributed by atoms with Gasteiger partial charge in [0.15, 0.2) is 0 Å². The van der Waals surface area contributed by atoms with Gasteiger partial charge in [0.05, 0.1) is 13.5 Å². The quantitative estimate of drug-likeness (QED) is 0.250. The van der Waals surface area contributed by atoms with E-state index < -0.39 is 12.2 Å². The molecule has 3 nitrogen and oxygen atoms in total. The predicted octanol–water partition coefficient (Wildman–Crippen LogP) is 9.41. The maximum atomic E-state index is 15.0. The van der Waals surface area contributed by atoms with Gasteiger partial charge in [-0.3, -0.25) is 4.79 Å². The number of carbonyl (C=O) groups is 1. The van der Waals surface area contributed by atoms with Crippen LogP contribution in [0.5, 0.6) is 5.75 Å². The Hall–Kier alpha value is -3.54. The van der Waals surface area contributed by atoms with Gasteiger partial charge in [0.1, 0.15) is 18.2 Å². The number of benzene rings is 3. The molecule has 2 fully saturated rings. The van der Waals surface area contributed by atoms with Crippen LogP contribution in [-0.2, 0) is 16.1 Å². The summed E-state index contributed by atoms with van der Waals surface area (Å²) in [5, 5.41) is 0. The van der Waals surface area contributed by atoms with Gasteiger partial charge < -0.3 is 9.47 Å². The Bertz CT molecular complexity index is 1430. The van der Waals surface area contributed by atoms with Crippen LogP contribution in [-0.4, -0.2) is 13.1 Å². The van der Waals surface area contributed by atoms with Crippen molar-refractivity contribution in [3.63, 3.8) is 0 Å². The smallest absolute Gasteiger partial charge is 0.309 e. The number of esters is 1. The lowest BCUT2D eigenvalue weighted by molar-refractivity contribution is -0.139. The molecule has 1 atom stereocenters. The number of alkyl halides is 2. The molecule has 2 saturated carbocycles. The van der Waals surface area contributed by atoms with Crippen molar-refractivity contribution in [3.8, 4) is 16.9 Å². The van der Waals surface area contributed by atoms with E-state index >= 15 is 4.39 Å². The third-order valence-corrected chi connectivity index (χ3v) is 8.34. The SMILES string of the molecule is COC(=O)CC(=C1CC1)c1cccc(OCc2ccc(-c3cc(C(F)F)ccc3F)c([C@@H]3CCCC3(C)C)c2)c1. The summed E-state index contributed by atoms with van der Waals surface area (Å²) in [6.45, 7) is 4.73. The predicted molar refractivity (Wildman–Crippen MR) is 151 cm³/mol. The highest BCUT2D eigenvalue weighted by Crippen LogP contribution is 2.51. The Kier molecular flexibility index (Phi) is 8.07. The van der Waals surface area contributed by atoms with E-state index in [0.717, 1.165) is 66.5 Å². The lowest BCUT2D eigenvalue weighted by Crippen LogP contribution is -2.17. The summed E-state index contributed by atoms with van der Waals surface area (Å²) >= 11 is 0. The molecule has 3 aromatic carbocycles. The standard InChI is InChI=1S/C34H35F3O3/c1-34(2)15-5-8-30(34)28-16-21(9-13-26(28)29-18-24(33(36)37)12-14-31(29)35)20-40-25-7-4-6-23(17-25)27(22-10-11-22)19-32(38)39-3/h4,6-7,9,12-14,16-18,30,33H,5,8,10-11,15,19-20H2,1-3H3/t30-/m0/s1. The summed E-state index contributed by atoms with van der Waals surface area (Å²) < 4.78 is 53.1. The number of allylic oxidation sites excluding steroid dienone is 1. The number of hydrogen-bond donors (Lipinski definition) is 0. The van der Waals surface area contributed by atoms with Crippen molar-refractivity contribution in [1.82, 2.24) is 0 Å². The molecule has 0 radical (unpaired) electrons. The molecule has 40 heavy (non-hydrogen) atoms. The second-order valence-corrected chi connectivity index (χ2v) is 11.5. The van der Waals surface area contributed by atoms with Gasteiger partial charge in [-0.1, -0.05) is 62.2 Å². The second-order valence-electron chi connectivity index (χ2n) is 11.5. The van der Waals surface area contributed by atoms with Crippen LogP contribution in [0.1, 0.15) is 87.0 Å². The van der Waals surface area contributed by atoms with Crippen LogP contribution in [0, 0.1) is 11.2 Å². The minimum atomic E-state index is -2.67. The number of carbonyl (C=O) groups excluding carboxylic acids is 1. The third kappa shape index (κ3) is 6.11. The summed E-state index contributed by atoms with van der Waals surface area (Å²) in [6.07, 6.45) is 2.62. The van der Waals surface area contributed by atoms with Crippen molar-refractivity contribution < 1.29 is 27.4 Å². The fraction of sp³-hybridized carbons (Fsp3) is 0.382. The normalized spacial score (nSPS) is 17.7. The van der Waals surface area contributed by atoms with E-state index in [1.807, 2.05) is 36.4 Å². The molecule has 6 heteroatoms. The molecule has 0 aliphatic heterocycles. The summed E-state index contributed by atoms with van der Waals surface area (Å²) in [6, 6.07) is 17.1. The number of rotatable bonds is 9. The van der Waals surface area contributed by atoms with Crippen molar-refractivity contribution in [3.05, 3.63) is 94.3 Å². The molecule has 3 aromatic rings. The highest BCUT2D eigenvalue weighted by molar-refractivity contribution is 5.87. The van der Waals surface area contributed by atoms with Crippen LogP contribution in [0.3, 0.4) is 0 Å². The molecular weight excluding hydrogens is 513 g/mol. The average Bonchev–Trinajstić information content (AvgIpc) is 3.72. The first kappa shape index (κ1) is 28.0. The van der Waals surface area contributed by atoms with Crippen molar-refractivity contribution in [2.75, 3.05) is 7.11 Å². The van der Waals surface area contributed by atoms with Gasteiger partial charge in [0, 0.05) is 11.1 Å². The van der Waals surface area contributed by atoms with Crippen molar-refractivity contribution in [2.24, 2.45) is 5.41 Å². The molecule has 5 rings (SSSR count). The fourth-order valence-electron chi connectivity index (χ4n) is 5.98. The molecule has 2 aliphatic carbocycles. The van der Waals surface area contributed by atoms with E-state index in [2.05, 4.69) is 19.9 Å². The maximum Gasteiger partial charge on any atom is 0.309 e. The minimum absolute atomic E-state index is 0.00567. The van der Waals surface area contributed by atoms with E-state index in [9.17, 15) is 13.6 Å². The van der Waals surface area contributed by atoms with Crippen molar-refractivity contribution in [2.45, 2.75) is 71.3 Å². The van der Waals surface area contributed by atoms with Gasteiger partial charge in [-0.05, 0) is 89.1 Å². The average molecular weight is 549 g/mol. The first-order valence-electron chi connectivity index (χ1n) is 13.9. The molecule has 0 saturated heterocycles. The maximum absolute atomic E-state index is 15.0. The van der Waals surface area contributed by atoms with E-state index in [4.69, 9.17) is 9.47 Å². The van der Waals surface area contributed by atoms with Crippen LogP contribution >= 0.6 is 0 Å². The van der Waals surface area contributed by atoms with E-state index in [1.165, 1.54) is 18.7 Å². The highest BCUT2D eigenvalue weighted by Gasteiger charge is 2.37. The summed E-state index contributed by atoms with van der Waals surface area (Å²) in [5.74, 6) is 0.0866. The molecule has 0 aromatic heterocycles. The number of ether oxygens (including phenoxy) is 2. The third-order valence-electron chi connectivity index (χ3n) is 8.34. The van der Waals surface area contributed by atoms with Crippen molar-refractivity contribution >= 4 is 11.5 Å². The van der Waals surface area contributed by atoms with Gasteiger partial charge in [0.2, 0.25) is 0 Å². The molecule has 2 aliphatic rings. The van der Waals surface area contributed by atoms with Crippen LogP contribution in [0.2, 0.25) is 0 Å². The lowest BCUT2D eigenvalue weighted by Gasteiger charge is -2.30. The van der Waals surface area contributed by atoms with Gasteiger partial charge in [-0.15, -0.1) is 0 Å². The molecule has 0 bridgehead atoms. The molecule has 0 heterocycles. The minimum Gasteiger partial charge on any atom is -0.489 e. The van der Waals surface area contributed by atoms with Crippen LogP contribution < -0.4 is 4.74 Å². The first-order valence-corrected chi connectivity index (χ1v) is 13.9. The van der Waals surface area contributed by atoms with Crippen molar-refractivity contribution in [1.29, 1.82) is 0 Å². The summed E-state index contributed by atoms with van der Waals surface area (Å²) in [4.78, 5) is 12.0. The topological polar surface area (TPSA) is 35.5 Å². The fourth-order valence-corrected chi connectivity index (χ4v) is 5.98. The number of methoxy groups -OCH3 is 1. The van der Waals surface area contributed by atoms with E-state index in [-0.39, 0.29) is 34.8 Å². The summed E-state index contributed by atoms with van der Waals surface area (Å²) in [5.41, 5.74) is 5.81. The number of halogens is 3. The molecular formula is C34H35F3O3. The van der Waals surface area contributed by atoms with Gasteiger partial charge in [0.25, 0.3) is 6.43 Å². The zero-order valence-electron chi connectivity index (χ0n) is 23.2. The van der Waals surface area contributed by atoms with Gasteiger partial charge in [-0.25, -0.2) is 13.2 Å². The Morgan fingerprint density at radius 2 is 1.82 bits per heavy atom. The lowest BCUT2D eigenvalue weighted by atomic mass is 9.75. The van der Waals surface area contributed by atoms with Crippen LogP contribution in [0.25, 0.3) is 16.7 Å². The molecule has 210 valence electrons. The number of hydrogen-bond acceptors (Lipinski definition) is 3. The molecule has 0 N–H and O–H groups in total. The van der Waals surface area contributed by atoms with Crippen LogP contribution in [0.15, 0.2) is 66.2 Å². The Morgan fingerprint density at radius 1 is 1.02 bits per heavy atom. The van der Waals surface area contributed by atoms with E-state index in [1.54, 1.807) is 0 Å². The van der Waals surface area contributed by atoms with E-state index in [0.29, 0.717) is 17.9 Å². The van der Waals surface area contributed by atoms with Gasteiger partial charge >= 0.3 is 5.97 Å². The highest BCUT2D eigenvalue weighted by atomic mass is 19.3. The molecule has 0 amide bonds. The van der Waals surface area contributed by atoms with Gasteiger partial charge in [-0.2, -0.15) is 0 Å². The molecule has 0 spiro atoms. The largest absolute Gasteiger partial charge is 0.489 e. The second kappa shape index (κ2) is 11.5. The Labute approximate surface area is 234 Å². The summed E-state index contributed by atoms with van der Waals surface area (Å²) in [7, 11) is 1.40. The Morgan fingerprint density at radius 3 is 2.50 bits per heavy atom. The Balaban J connectivity index is 1.44. The van der Waals surface area contributed by atoms with Crippen LogP contribution in [0.4, 0.5) is 13.2 Å². The first-order chi connectivity index (χ1) is 19.2. The monoisotopic (exact) mass is 548 g/mol. The zero-order valence-corrected chi connectivity index (χ0v) is 23.2. The zero-order chi connectivity index (χ0) is 28.4.